The fourth-order valence-electron chi connectivity index (χ4n) is 2.46. The Morgan fingerprint density at radius 3 is 2.71 bits per heavy atom. The summed E-state index contributed by atoms with van der Waals surface area (Å²) in [5.74, 6) is 0. The molecule has 0 aliphatic rings. The van der Waals surface area contributed by atoms with E-state index >= 15 is 0 Å². The molecule has 1 aromatic carbocycles. The summed E-state index contributed by atoms with van der Waals surface area (Å²) in [4.78, 5) is 11.8. The normalized spacial score (nSPS) is 10.6. The van der Waals surface area contributed by atoms with Gasteiger partial charge in [-0.1, -0.05) is 6.07 Å². The van der Waals surface area contributed by atoms with E-state index in [4.69, 9.17) is 11.0 Å². The number of fused-ring (bicyclic) bond motifs is 1. The molecular weight excluding hydrogens is 264 g/mol. The second-order valence-corrected chi connectivity index (χ2v) is 4.85. The molecule has 5 heteroatoms. The van der Waals surface area contributed by atoms with Gasteiger partial charge in [0.15, 0.2) is 0 Å². The van der Waals surface area contributed by atoms with E-state index < -0.39 is 0 Å². The van der Waals surface area contributed by atoms with Crippen molar-refractivity contribution in [3.05, 3.63) is 64.7 Å². The molecule has 0 aliphatic heterocycles. The topological polar surface area (TPSA) is 76.7 Å². The van der Waals surface area contributed by atoms with E-state index in [2.05, 4.69) is 6.07 Å². The molecule has 21 heavy (non-hydrogen) atoms. The van der Waals surface area contributed by atoms with Crippen LogP contribution in [-0.4, -0.2) is 9.13 Å². The van der Waals surface area contributed by atoms with Crippen molar-refractivity contribution in [1.29, 1.82) is 5.26 Å². The van der Waals surface area contributed by atoms with Gasteiger partial charge in [0.05, 0.1) is 11.6 Å². The Morgan fingerprint density at radius 1 is 1.10 bits per heavy atom. The lowest BCUT2D eigenvalue weighted by molar-refractivity contribution is 0.578. The maximum Gasteiger partial charge on any atom is 0.250 e. The molecule has 0 atom stereocenters. The third-order valence-corrected chi connectivity index (χ3v) is 3.52. The first kappa shape index (κ1) is 13.0. The molecule has 0 unspecified atom stereocenters. The van der Waals surface area contributed by atoms with Crippen LogP contribution in [0, 0.1) is 11.3 Å². The summed E-state index contributed by atoms with van der Waals surface area (Å²) in [6, 6.07) is 12.8. The maximum atomic E-state index is 11.8. The Bertz CT molecular complexity index is 899. The zero-order chi connectivity index (χ0) is 14.8. The Morgan fingerprint density at radius 2 is 1.90 bits per heavy atom. The van der Waals surface area contributed by atoms with Gasteiger partial charge in [0.2, 0.25) is 0 Å². The first-order chi connectivity index (χ1) is 10.2. The van der Waals surface area contributed by atoms with Crippen LogP contribution in [0.1, 0.15) is 5.56 Å². The lowest BCUT2D eigenvalue weighted by Gasteiger charge is -2.09. The monoisotopic (exact) mass is 278 g/mol. The van der Waals surface area contributed by atoms with E-state index in [0.717, 1.165) is 10.9 Å². The van der Waals surface area contributed by atoms with Gasteiger partial charge in [0, 0.05) is 48.1 Å². The lowest BCUT2D eigenvalue weighted by atomic mass is 10.1. The minimum atomic E-state index is -0.0709. The highest BCUT2D eigenvalue weighted by Crippen LogP contribution is 2.19. The van der Waals surface area contributed by atoms with Gasteiger partial charge < -0.3 is 14.9 Å². The Balaban J connectivity index is 1.91. The Kier molecular flexibility index (Phi) is 3.20. The van der Waals surface area contributed by atoms with Crippen LogP contribution in [0.4, 0.5) is 5.69 Å². The van der Waals surface area contributed by atoms with E-state index in [0.29, 0.717) is 24.3 Å². The molecule has 5 nitrogen and oxygen atoms in total. The zero-order valence-corrected chi connectivity index (χ0v) is 11.4. The average molecular weight is 278 g/mol. The standard InChI is InChI=1S/C16H14N4O/c17-10-12-2-1-3-15-14(12)6-7-19(15)8-9-20-11-13(18)4-5-16(20)21/h1-7,11H,8-9,18H2. The number of rotatable bonds is 3. The number of nitrogens with zero attached hydrogens (tertiary/aromatic N) is 3. The molecule has 0 amide bonds. The highest BCUT2D eigenvalue weighted by atomic mass is 16.1. The molecule has 2 N–H and O–H groups in total. The Hall–Kier alpha value is -3.00. The molecule has 0 saturated carbocycles. The van der Waals surface area contributed by atoms with Crippen LogP contribution in [0.15, 0.2) is 53.6 Å². The number of pyridine rings is 1. The summed E-state index contributed by atoms with van der Waals surface area (Å²) < 4.78 is 3.63. The number of nitrogen functional groups attached to an aromatic ring is 1. The number of anilines is 1. The van der Waals surface area contributed by atoms with Gasteiger partial charge in [-0.25, -0.2) is 0 Å². The number of benzene rings is 1. The second-order valence-electron chi connectivity index (χ2n) is 4.85. The minimum Gasteiger partial charge on any atom is -0.398 e. The van der Waals surface area contributed by atoms with Gasteiger partial charge in [0.25, 0.3) is 5.56 Å². The molecule has 0 fully saturated rings. The van der Waals surface area contributed by atoms with Gasteiger partial charge in [-0.3, -0.25) is 4.79 Å². The maximum absolute atomic E-state index is 11.8. The molecule has 0 radical (unpaired) electrons. The molecule has 2 heterocycles. The summed E-state index contributed by atoms with van der Waals surface area (Å²) in [7, 11) is 0. The fraction of sp³-hybridized carbons (Fsp3) is 0.125. The van der Waals surface area contributed by atoms with Crippen LogP contribution >= 0.6 is 0 Å². The lowest BCUT2D eigenvalue weighted by Crippen LogP contribution is -2.21. The SMILES string of the molecule is N#Cc1cccc2c1ccn2CCn1cc(N)ccc1=O. The molecule has 0 aliphatic carbocycles. The number of hydrogen-bond donors (Lipinski definition) is 1. The average Bonchev–Trinajstić information content (AvgIpc) is 2.91. The quantitative estimate of drug-likeness (QED) is 0.795. The molecule has 0 bridgehead atoms. The van der Waals surface area contributed by atoms with Crippen LogP contribution in [0.2, 0.25) is 0 Å². The van der Waals surface area contributed by atoms with Crippen LogP contribution in [0.25, 0.3) is 10.9 Å². The third-order valence-electron chi connectivity index (χ3n) is 3.52. The van der Waals surface area contributed by atoms with Crippen molar-refractivity contribution in [3.8, 4) is 6.07 Å². The van der Waals surface area contributed by atoms with Crippen molar-refractivity contribution in [2.45, 2.75) is 13.1 Å². The van der Waals surface area contributed by atoms with Crippen LogP contribution in [0.3, 0.4) is 0 Å². The van der Waals surface area contributed by atoms with E-state index in [1.54, 1.807) is 22.9 Å². The van der Waals surface area contributed by atoms with E-state index in [1.807, 2.05) is 29.0 Å². The summed E-state index contributed by atoms with van der Waals surface area (Å²) in [5.41, 5.74) is 7.85. The highest BCUT2D eigenvalue weighted by Gasteiger charge is 2.05. The Labute approximate surface area is 121 Å². The van der Waals surface area contributed by atoms with Gasteiger partial charge in [-0.15, -0.1) is 0 Å². The van der Waals surface area contributed by atoms with Crippen molar-refractivity contribution in [3.63, 3.8) is 0 Å². The van der Waals surface area contributed by atoms with Gasteiger partial charge in [-0.05, 0) is 24.3 Å². The van der Waals surface area contributed by atoms with E-state index in [-0.39, 0.29) is 5.56 Å². The summed E-state index contributed by atoms with van der Waals surface area (Å²) in [5, 5.41) is 10.0. The molecule has 3 rings (SSSR count). The highest BCUT2D eigenvalue weighted by molar-refractivity contribution is 5.85. The molecular formula is C16H14N4O. The number of aryl methyl sites for hydroxylation is 2. The number of nitrogens with two attached hydrogens (primary N) is 1. The molecule has 0 spiro atoms. The van der Waals surface area contributed by atoms with Crippen LogP contribution in [0.5, 0.6) is 0 Å². The zero-order valence-electron chi connectivity index (χ0n) is 11.4. The van der Waals surface area contributed by atoms with Crippen LogP contribution < -0.4 is 11.3 Å². The van der Waals surface area contributed by atoms with Crippen LogP contribution in [-0.2, 0) is 13.1 Å². The summed E-state index contributed by atoms with van der Waals surface area (Å²) in [6.07, 6.45) is 3.58. The number of hydrogen-bond acceptors (Lipinski definition) is 3. The molecule has 2 aromatic heterocycles. The van der Waals surface area contributed by atoms with E-state index in [1.165, 1.54) is 6.07 Å². The first-order valence-corrected chi connectivity index (χ1v) is 6.63. The predicted octanol–water partition coefficient (Wildman–Crippen LogP) is 1.96. The first-order valence-electron chi connectivity index (χ1n) is 6.63. The summed E-state index contributed by atoms with van der Waals surface area (Å²) >= 11 is 0. The van der Waals surface area contributed by atoms with Crippen molar-refractivity contribution >= 4 is 16.6 Å². The van der Waals surface area contributed by atoms with Crippen molar-refractivity contribution in [2.24, 2.45) is 0 Å². The minimum absolute atomic E-state index is 0.0709. The predicted molar refractivity (Wildman–Crippen MR) is 81.8 cm³/mol. The van der Waals surface area contributed by atoms with Crippen molar-refractivity contribution < 1.29 is 0 Å². The fourth-order valence-corrected chi connectivity index (χ4v) is 2.46. The number of aromatic nitrogens is 2. The summed E-state index contributed by atoms with van der Waals surface area (Å²) in [6.45, 7) is 1.17. The van der Waals surface area contributed by atoms with E-state index in [9.17, 15) is 4.79 Å². The molecule has 104 valence electrons. The molecule has 3 aromatic rings. The van der Waals surface area contributed by atoms with Gasteiger partial charge in [0.1, 0.15) is 0 Å². The molecule has 0 saturated heterocycles. The largest absolute Gasteiger partial charge is 0.398 e. The van der Waals surface area contributed by atoms with Gasteiger partial charge in [-0.2, -0.15) is 5.26 Å². The third kappa shape index (κ3) is 2.39. The number of nitriles is 1. The van der Waals surface area contributed by atoms with Crippen molar-refractivity contribution in [2.75, 3.05) is 5.73 Å². The van der Waals surface area contributed by atoms with Gasteiger partial charge >= 0.3 is 0 Å². The van der Waals surface area contributed by atoms with Crippen molar-refractivity contribution in [1.82, 2.24) is 9.13 Å². The second kappa shape index (κ2) is 5.17. The smallest absolute Gasteiger partial charge is 0.250 e.